The predicted molar refractivity (Wildman–Crippen MR) is 58.7 cm³/mol. The van der Waals surface area contributed by atoms with Crippen LogP contribution in [0.25, 0.3) is 0 Å². The molecule has 1 nitrogen and oxygen atoms in total. The molecule has 2 aliphatic rings. The number of hydrogen-bond acceptors (Lipinski definition) is 1. The van der Waals surface area contributed by atoms with Gasteiger partial charge in [-0.3, -0.25) is 0 Å². The van der Waals surface area contributed by atoms with E-state index in [1.165, 1.54) is 6.42 Å². The van der Waals surface area contributed by atoms with Crippen molar-refractivity contribution in [2.75, 3.05) is 20.1 Å². The molecule has 1 saturated heterocycles. The van der Waals surface area contributed by atoms with Gasteiger partial charge in [-0.2, -0.15) is 0 Å². The van der Waals surface area contributed by atoms with Gasteiger partial charge in [-0.15, -0.1) is 0 Å². The summed E-state index contributed by atoms with van der Waals surface area (Å²) in [6.45, 7) is 2.20. The number of rotatable bonds is 1. The molecule has 15 heavy (non-hydrogen) atoms. The van der Waals surface area contributed by atoms with Gasteiger partial charge in [0.25, 0.3) is 0 Å². The van der Waals surface area contributed by atoms with Crippen molar-refractivity contribution in [3.63, 3.8) is 0 Å². The second-order valence-corrected chi connectivity index (χ2v) is 5.29. The van der Waals surface area contributed by atoms with E-state index in [9.17, 15) is 4.39 Å². The Hall–Kier alpha value is -0.600. The summed E-state index contributed by atoms with van der Waals surface area (Å²) in [5, 5.41) is 0.221. The van der Waals surface area contributed by atoms with Gasteiger partial charge < -0.3 is 4.90 Å². The number of fused-ring (bicyclic) bond motifs is 1. The van der Waals surface area contributed by atoms with E-state index in [0.29, 0.717) is 0 Å². The molecular formula is C12H13ClFN. The van der Waals surface area contributed by atoms with Crippen molar-refractivity contribution >= 4 is 11.6 Å². The van der Waals surface area contributed by atoms with E-state index in [-0.39, 0.29) is 16.3 Å². The van der Waals surface area contributed by atoms with Gasteiger partial charge in [-0.1, -0.05) is 17.7 Å². The quantitative estimate of drug-likeness (QED) is 0.711. The first kappa shape index (κ1) is 9.61. The summed E-state index contributed by atoms with van der Waals surface area (Å²) in [6.07, 6.45) is 1.21. The molecule has 1 aliphatic heterocycles. The molecular weight excluding hydrogens is 213 g/mol. The summed E-state index contributed by atoms with van der Waals surface area (Å²) in [7, 11) is 2.13. The Morgan fingerprint density at radius 1 is 1.53 bits per heavy atom. The fourth-order valence-electron chi connectivity index (χ4n) is 2.99. The van der Waals surface area contributed by atoms with E-state index in [1.807, 2.05) is 6.07 Å². The van der Waals surface area contributed by atoms with E-state index in [0.717, 1.165) is 24.6 Å². The van der Waals surface area contributed by atoms with Crippen LogP contribution in [0.4, 0.5) is 4.39 Å². The Labute approximate surface area is 93.8 Å². The van der Waals surface area contributed by atoms with Crippen molar-refractivity contribution in [1.82, 2.24) is 4.90 Å². The molecule has 1 unspecified atom stereocenters. The fourth-order valence-corrected chi connectivity index (χ4v) is 3.10. The molecule has 0 spiro atoms. The number of hydrogen-bond donors (Lipinski definition) is 0. The largest absolute Gasteiger partial charge is 0.305 e. The summed E-state index contributed by atoms with van der Waals surface area (Å²) in [5.74, 6) is 0.437. The summed E-state index contributed by atoms with van der Waals surface area (Å²) < 4.78 is 13.4. The molecule has 3 heteroatoms. The van der Waals surface area contributed by atoms with Gasteiger partial charge in [0, 0.05) is 18.5 Å². The third kappa shape index (κ3) is 1.31. The third-order valence-corrected chi connectivity index (χ3v) is 4.12. The van der Waals surface area contributed by atoms with Crippen molar-refractivity contribution in [3.8, 4) is 0 Å². The summed E-state index contributed by atoms with van der Waals surface area (Å²) in [4.78, 5) is 2.32. The molecule has 1 aromatic carbocycles. The minimum Gasteiger partial charge on any atom is -0.305 e. The van der Waals surface area contributed by atoms with E-state index in [2.05, 4.69) is 11.9 Å². The van der Waals surface area contributed by atoms with Gasteiger partial charge in [0.1, 0.15) is 5.82 Å². The lowest BCUT2D eigenvalue weighted by Crippen LogP contribution is -2.22. The minimum absolute atomic E-state index is 0.221. The number of nitrogens with zero attached hydrogens (tertiary/aromatic N) is 1. The Kier molecular flexibility index (Phi) is 1.89. The minimum atomic E-state index is -0.288. The third-order valence-electron chi connectivity index (χ3n) is 3.81. The summed E-state index contributed by atoms with van der Waals surface area (Å²) in [5.41, 5.74) is 1.36. The molecule has 0 N–H and O–H groups in total. The van der Waals surface area contributed by atoms with Crippen LogP contribution in [0.3, 0.4) is 0 Å². The second kappa shape index (κ2) is 2.96. The SMILES string of the molecule is CN1C[C@H]2CC2(c2ccc(Cl)c(F)c2)C1. The number of likely N-dealkylation sites (tertiary alicyclic amines) is 1. The fraction of sp³-hybridized carbons (Fsp3) is 0.500. The lowest BCUT2D eigenvalue weighted by atomic mass is 9.95. The first-order valence-corrected chi connectivity index (χ1v) is 5.64. The maximum Gasteiger partial charge on any atom is 0.142 e. The van der Waals surface area contributed by atoms with Gasteiger partial charge >= 0.3 is 0 Å². The van der Waals surface area contributed by atoms with Crippen LogP contribution in [0.15, 0.2) is 18.2 Å². The first-order valence-electron chi connectivity index (χ1n) is 5.26. The molecule has 0 aromatic heterocycles. The Bertz CT molecular complexity index is 420. The van der Waals surface area contributed by atoms with Gasteiger partial charge in [0.2, 0.25) is 0 Å². The number of piperidine rings is 1. The Morgan fingerprint density at radius 3 is 2.93 bits per heavy atom. The van der Waals surface area contributed by atoms with Crippen LogP contribution in [-0.2, 0) is 5.41 Å². The zero-order valence-corrected chi connectivity index (χ0v) is 9.39. The van der Waals surface area contributed by atoms with Gasteiger partial charge in [-0.05, 0) is 37.1 Å². The topological polar surface area (TPSA) is 3.24 Å². The molecule has 1 saturated carbocycles. The van der Waals surface area contributed by atoms with Crippen LogP contribution in [0, 0.1) is 11.7 Å². The van der Waals surface area contributed by atoms with Crippen molar-refractivity contribution in [1.29, 1.82) is 0 Å². The van der Waals surface area contributed by atoms with E-state index >= 15 is 0 Å². The average Bonchev–Trinajstić information content (AvgIpc) is 2.75. The molecule has 2 fully saturated rings. The normalized spacial score (nSPS) is 34.2. The molecule has 80 valence electrons. The van der Waals surface area contributed by atoms with Crippen LogP contribution < -0.4 is 0 Å². The van der Waals surface area contributed by atoms with Crippen LogP contribution in [0.2, 0.25) is 5.02 Å². The van der Waals surface area contributed by atoms with E-state index < -0.39 is 0 Å². The summed E-state index contributed by atoms with van der Waals surface area (Å²) >= 11 is 5.69. The van der Waals surface area contributed by atoms with Crippen molar-refractivity contribution in [3.05, 3.63) is 34.6 Å². The number of benzene rings is 1. The Morgan fingerprint density at radius 2 is 2.33 bits per heavy atom. The molecule has 1 aromatic rings. The monoisotopic (exact) mass is 225 g/mol. The highest BCUT2D eigenvalue weighted by Gasteiger charge is 2.59. The van der Waals surface area contributed by atoms with Crippen molar-refractivity contribution in [2.24, 2.45) is 5.92 Å². The van der Waals surface area contributed by atoms with Crippen LogP contribution in [0.5, 0.6) is 0 Å². The van der Waals surface area contributed by atoms with Crippen LogP contribution >= 0.6 is 11.6 Å². The highest BCUT2D eigenvalue weighted by Crippen LogP contribution is 2.58. The smallest absolute Gasteiger partial charge is 0.142 e. The number of halogens is 2. The molecule has 0 amide bonds. The lowest BCUT2D eigenvalue weighted by Gasteiger charge is -2.16. The predicted octanol–water partition coefficient (Wildman–Crippen LogP) is 2.68. The molecule has 0 radical (unpaired) electrons. The molecule has 2 atom stereocenters. The zero-order valence-electron chi connectivity index (χ0n) is 8.63. The van der Waals surface area contributed by atoms with Gasteiger partial charge in [0.05, 0.1) is 5.02 Å². The van der Waals surface area contributed by atoms with Crippen molar-refractivity contribution < 1.29 is 4.39 Å². The van der Waals surface area contributed by atoms with E-state index in [1.54, 1.807) is 12.1 Å². The zero-order chi connectivity index (χ0) is 10.6. The Balaban J connectivity index is 1.97. The van der Waals surface area contributed by atoms with E-state index in [4.69, 9.17) is 11.6 Å². The van der Waals surface area contributed by atoms with Crippen molar-refractivity contribution in [2.45, 2.75) is 11.8 Å². The number of likely N-dealkylation sites (N-methyl/N-ethyl adjacent to an activating group) is 1. The standard InChI is InChI=1S/C12H13ClFN/c1-15-6-9-5-12(9,7-15)8-2-3-10(13)11(14)4-8/h2-4,9H,5-7H2,1H3/t9-,12?/m1/s1. The molecule has 1 aliphatic carbocycles. The maximum absolute atomic E-state index is 13.4. The lowest BCUT2D eigenvalue weighted by molar-refractivity contribution is 0.363. The van der Waals surface area contributed by atoms with Crippen LogP contribution in [0.1, 0.15) is 12.0 Å². The average molecular weight is 226 g/mol. The highest BCUT2D eigenvalue weighted by molar-refractivity contribution is 6.30. The highest BCUT2D eigenvalue weighted by atomic mass is 35.5. The summed E-state index contributed by atoms with van der Waals surface area (Å²) in [6, 6.07) is 5.26. The molecule has 3 rings (SSSR count). The first-order chi connectivity index (χ1) is 7.12. The second-order valence-electron chi connectivity index (χ2n) is 4.88. The van der Waals surface area contributed by atoms with Gasteiger partial charge in [-0.25, -0.2) is 4.39 Å². The molecule has 0 bridgehead atoms. The van der Waals surface area contributed by atoms with Crippen LogP contribution in [-0.4, -0.2) is 25.0 Å². The maximum atomic E-state index is 13.4. The van der Waals surface area contributed by atoms with Gasteiger partial charge in [0.15, 0.2) is 0 Å². The molecule has 1 heterocycles.